The summed E-state index contributed by atoms with van der Waals surface area (Å²) in [4.78, 5) is 14.6. The Kier molecular flexibility index (Phi) is 5.76. The zero-order valence-corrected chi connectivity index (χ0v) is 13.0. The van der Waals surface area contributed by atoms with Gasteiger partial charge in [0, 0.05) is 24.6 Å². The van der Waals surface area contributed by atoms with Crippen molar-refractivity contribution in [2.45, 2.75) is 39.2 Å². The fourth-order valence-electron chi connectivity index (χ4n) is 2.96. The van der Waals surface area contributed by atoms with Crippen LogP contribution in [0.15, 0.2) is 18.2 Å². The molecule has 1 heterocycles. The van der Waals surface area contributed by atoms with E-state index in [-0.39, 0.29) is 12.4 Å². The van der Waals surface area contributed by atoms with E-state index < -0.39 is 0 Å². The van der Waals surface area contributed by atoms with E-state index >= 15 is 0 Å². The molecule has 1 aromatic rings. The summed E-state index contributed by atoms with van der Waals surface area (Å²) >= 11 is 0. The predicted octanol–water partition coefficient (Wildman–Crippen LogP) is 2.29. The van der Waals surface area contributed by atoms with Crippen LogP contribution in [-0.4, -0.2) is 48.1 Å². The number of aliphatic hydroxyl groups excluding tert-OH is 1. The first-order valence-electron chi connectivity index (χ1n) is 7.83. The average Bonchev–Trinajstić information content (AvgIpc) is 2.96. The molecule has 116 valence electrons. The molecule has 0 spiro atoms. The number of fused-ring (bicyclic) bond motifs is 1. The van der Waals surface area contributed by atoms with E-state index in [0.29, 0.717) is 25.7 Å². The molecule has 0 atom stereocenters. The molecule has 0 saturated heterocycles. The SMILES string of the molecule is CCC(CC)N(CCO)CC(=O)c1ccc2c(c1)CCO2. The van der Waals surface area contributed by atoms with E-state index in [9.17, 15) is 9.90 Å². The van der Waals surface area contributed by atoms with E-state index in [1.54, 1.807) is 0 Å². The highest BCUT2D eigenvalue weighted by atomic mass is 16.5. The van der Waals surface area contributed by atoms with Gasteiger partial charge in [-0.05, 0) is 36.6 Å². The van der Waals surface area contributed by atoms with Gasteiger partial charge in [-0.25, -0.2) is 0 Å². The second kappa shape index (κ2) is 7.57. The molecule has 1 aromatic carbocycles. The number of carbonyl (C=O) groups excluding carboxylic acids is 1. The van der Waals surface area contributed by atoms with Gasteiger partial charge in [0.05, 0.1) is 19.8 Å². The molecule has 1 aliphatic rings. The number of aliphatic hydroxyl groups is 1. The number of nitrogens with zero attached hydrogens (tertiary/aromatic N) is 1. The van der Waals surface area contributed by atoms with Gasteiger partial charge in [0.2, 0.25) is 0 Å². The van der Waals surface area contributed by atoms with Crippen LogP contribution in [0.1, 0.15) is 42.6 Å². The van der Waals surface area contributed by atoms with Gasteiger partial charge < -0.3 is 9.84 Å². The Morgan fingerprint density at radius 2 is 2.14 bits per heavy atom. The highest BCUT2D eigenvalue weighted by Gasteiger charge is 2.20. The maximum Gasteiger partial charge on any atom is 0.176 e. The summed E-state index contributed by atoms with van der Waals surface area (Å²) in [5.41, 5.74) is 1.87. The Morgan fingerprint density at radius 1 is 1.38 bits per heavy atom. The molecule has 0 aliphatic carbocycles. The van der Waals surface area contributed by atoms with Crippen molar-refractivity contribution in [3.8, 4) is 5.75 Å². The maximum absolute atomic E-state index is 12.5. The van der Waals surface area contributed by atoms with E-state index in [4.69, 9.17) is 4.74 Å². The fourth-order valence-corrected chi connectivity index (χ4v) is 2.96. The van der Waals surface area contributed by atoms with Gasteiger partial charge in [0.15, 0.2) is 5.78 Å². The summed E-state index contributed by atoms with van der Waals surface area (Å²) in [6.07, 6.45) is 2.85. The zero-order chi connectivity index (χ0) is 15.2. The Balaban J connectivity index is 2.07. The molecule has 1 aliphatic heterocycles. The first-order chi connectivity index (χ1) is 10.2. The summed E-state index contributed by atoms with van der Waals surface area (Å²) in [6, 6.07) is 6.03. The predicted molar refractivity (Wildman–Crippen MR) is 83.0 cm³/mol. The first-order valence-corrected chi connectivity index (χ1v) is 7.83. The van der Waals surface area contributed by atoms with Crippen molar-refractivity contribution in [3.63, 3.8) is 0 Å². The lowest BCUT2D eigenvalue weighted by atomic mass is 10.0. The Labute approximate surface area is 126 Å². The van der Waals surface area contributed by atoms with Crippen LogP contribution in [0.2, 0.25) is 0 Å². The Hall–Kier alpha value is -1.39. The minimum atomic E-state index is 0.0851. The van der Waals surface area contributed by atoms with Gasteiger partial charge in [0.25, 0.3) is 0 Å². The van der Waals surface area contributed by atoms with E-state index in [2.05, 4.69) is 18.7 Å². The Bertz CT molecular complexity index is 483. The second-order valence-electron chi connectivity index (χ2n) is 5.51. The van der Waals surface area contributed by atoms with Crippen LogP contribution < -0.4 is 4.74 Å². The normalized spacial score (nSPS) is 13.6. The fraction of sp³-hybridized carbons (Fsp3) is 0.588. The molecule has 0 radical (unpaired) electrons. The molecular weight excluding hydrogens is 266 g/mol. The lowest BCUT2D eigenvalue weighted by Crippen LogP contribution is -2.40. The first kappa shape index (κ1) is 16.0. The van der Waals surface area contributed by atoms with Crippen molar-refractivity contribution >= 4 is 5.78 Å². The standard InChI is InChI=1S/C17H25NO3/c1-3-15(4-2)18(8-9-19)12-16(20)13-5-6-17-14(11-13)7-10-21-17/h5-6,11,15,19H,3-4,7-10,12H2,1-2H3. The average molecular weight is 291 g/mol. The molecule has 21 heavy (non-hydrogen) atoms. The number of Topliss-reactive ketones (excluding diaryl/α,β-unsaturated/α-hetero) is 1. The van der Waals surface area contributed by atoms with Gasteiger partial charge in [0.1, 0.15) is 5.75 Å². The molecule has 2 rings (SSSR count). The zero-order valence-electron chi connectivity index (χ0n) is 13.0. The topological polar surface area (TPSA) is 49.8 Å². The van der Waals surface area contributed by atoms with E-state index in [0.717, 1.165) is 36.1 Å². The van der Waals surface area contributed by atoms with Crippen molar-refractivity contribution in [2.24, 2.45) is 0 Å². The summed E-state index contributed by atoms with van der Waals surface area (Å²) in [6.45, 7) is 5.95. The second-order valence-corrected chi connectivity index (χ2v) is 5.51. The number of hydrogen-bond acceptors (Lipinski definition) is 4. The molecular formula is C17H25NO3. The van der Waals surface area contributed by atoms with Crippen LogP contribution in [0.3, 0.4) is 0 Å². The number of benzene rings is 1. The largest absolute Gasteiger partial charge is 0.493 e. The minimum absolute atomic E-state index is 0.0851. The van der Waals surface area contributed by atoms with E-state index in [1.165, 1.54) is 0 Å². The summed E-state index contributed by atoms with van der Waals surface area (Å²) in [7, 11) is 0. The molecule has 0 bridgehead atoms. The molecule has 4 nitrogen and oxygen atoms in total. The van der Waals surface area contributed by atoms with Crippen molar-refractivity contribution < 1.29 is 14.6 Å². The summed E-state index contributed by atoms with van der Waals surface area (Å²) in [5, 5.41) is 9.22. The van der Waals surface area contributed by atoms with Crippen molar-refractivity contribution in [1.82, 2.24) is 4.90 Å². The van der Waals surface area contributed by atoms with Crippen LogP contribution in [0, 0.1) is 0 Å². The van der Waals surface area contributed by atoms with Gasteiger partial charge in [-0.2, -0.15) is 0 Å². The highest BCUT2D eigenvalue weighted by molar-refractivity contribution is 5.98. The molecule has 4 heteroatoms. The lowest BCUT2D eigenvalue weighted by molar-refractivity contribution is 0.0850. The molecule has 1 N–H and O–H groups in total. The lowest BCUT2D eigenvalue weighted by Gasteiger charge is -2.29. The summed E-state index contributed by atoms with van der Waals surface area (Å²) in [5.74, 6) is 1.02. The maximum atomic E-state index is 12.5. The molecule has 0 fully saturated rings. The molecule has 0 amide bonds. The van der Waals surface area contributed by atoms with Gasteiger partial charge in [-0.15, -0.1) is 0 Å². The van der Waals surface area contributed by atoms with E-state index in [1.807, 2.05) is 18.2 Å². The third-order valence-electron chi connectivity index (χ3n) is 4.20. The smallest absolute Gasteiger partial charge is 0.176 e. The highest BCUT2D eigenvalue weighted by Crippen LogP contribution is 2.26. The molecule has 0 aromatic heterocycles. The van der Waals surface area contributed by atoms with Crippen molar-refractivity contribution in [1.29, 1.82) is 0 Å². The quantitative estimate of drug-likeness (QED) is 0.747. The third kappa shape index (κ3) is 3.83. The molecule has 0 saturated carbocycles. The Morgan fingerprint density at radius 3 is 2.81 bits per heavy atom. The van der Waals surface area contributed by atoms with Crippen molar-refractivity contribution in [2.75, 3.05) is 26.3 Å². The monoisotopic (exact) mass is 291 g/mol. The number of ketones is 1. The number of hydrogen-bond donors (Lipinski definition) is 1. The van der Waals surface area contributed by atoms with Crippen LogP contribution in [0.5, 0.6) is 5.75 Å². The van der Waals surface area contributed by atoms with Crippen LogP contribution in [0.4, 0.5) is 0 Å². The third-order valence-corrected chi connectivity index (χ3v) is 4.20. The minimum Gasteiger partial charge on any atom is -0.493 e. The molecule has 0 unspecified atom stereocenters. The van der Waals surface area contributed by atoms with Crippen molar-refractivity contribution in [3.05, 3.63) is 29.3 Å². The summed E-state index contributed by atoms with van der Waals surface area (Å²) < 4.78 is 5.47. The van der Waals surface area contributed by atoms with Gasteiger partial charge in [-0.1, -0.05) is 13.8 Å². The van der Waals surface area contributed by atoms with Crippen LogP contribution in [0.25, 0.3) is 0 Å². The number of rotatable bonds is 8. The van der Waals surface area contributed by atoms with Crippen LogP contribution in [-0.2, 0) is 6.42 Å². The number of ether oxygens (including phenoxy) is 1. The van der Waals surface area contributed by atoms with Gasteiger partial charge >= 0.3 is 0 Å². The van der Waals surface area contributed by atoms with Crippen LogP contribution >= 0.6 is 0 Å². The van der Waals surface area contributed by atoms with Gasteiger partial charge in [-0.3, -0.25) is 9.69 Å². The number of carbonyl (C=O) groups is 1.